The molecule has 2 aromatic rings. The van der Waals surface area contributed by atoms with E-state index in [-0.39, 0.29) is 15.6 Å². The number of hydrogen-bond acceptors (Lipinski definition) is 0. The van der Waals surface area contributed by atoms with Gasteiger partial charge in [0.2, 0.25) is 0 Å². The highest BCUT2D eigenvalue weighted by Crippen LogP contribution is 2.28. The van der Waals surface area contributed by atoms with Crippen LogP contribution in [0.5, 0.6) is 0 Å². The Morgan fingerprint density at radius 1 is 0.647 bits per heavy atom. The smallest absolute Gasteiger partial charge is 0.140 e. The molecule has 0 N–H and O–H groups in total. The van der Waals surface area contributed by atoms with Crippen molar-refractivity contribution in [3.05, 3.63) is 58.1 Å². The number of halogens is 5. The minimum atomic E-state index is -0.829. The molecule has 0 aliphatic rings. The summed E-state index contributed by atoms with van der Waals surface area (Å²) in [6.45, 7) is 0. The minimum absolute atomic E-state index is 0.0709. The lowest BCUT2D eigenvalue weighted by atomic mass is 10.1. The molecule has 0 radical (unpaired) electrons. The van der Waals surface area contributed by atoms with Gasteiger partial charge in [-0.15, -0.1) is 0 Å². The highest BCUT2D eigenvalue weighted by atomic mass is 79.9. The Labute approximate surface area is 103 Å². The molecule has 0 unspecified atom stereocenters. The third-order valence-electron chi connectivity index (χ3n) is 2.18. The molecule has 0 heterocycles. The van der Waals surface area contributed by atoms with Gasteiger partial charge >= 0.3 is 0 Å². The normalized spacial score (nSPS) is 10.6. The van der Waals surface area contributed by atoms with Crippen molar-refractivity contribution in [3.63, 3.8) is 0 Å². The van der Waals surface area contributed by atoms with E-state index in [1.165, 1.54) is 0 Å². The quantitative estimate of drug-likeness (QED) is 0.530. The van der Waals surface area contributed by atoms with Crippen LogP contribution >= 0.6 is 15.9 Å². The zero-order valence-electron chi connectivity index (χ0n) is 8.28. The first-order valence-electron chi connectivity index (χ1n) is 4.58. The van der Waals surface area contributed by atoms with E-state index in [9.17, 15) is 17.6 Å². The SMILES string of the molecule is Fc1cc(F)cc(-c2cc(F)c(Br)c(F)c2)c1. The van der Waals surface area contributed by atoms with Gasteiger partial charge in [0, 0.05) is 6.07 Å². The van der Waals surface area contributed by atoms with Crippen LogP contribution in [0, 0.1) is 23.3 Å². The van der Waals surface area contributed by atoms with Gasteiger partial charge in [-0.25, -0.2) is 17.6 Å². The van der Waals surface area contributed by atoms with Crippen molar-refractivity contribution in [2.75, 3.05) is 0 Å². The van der Waals surface area contributed by atoms with Gasteiger partial charge in [-0.2, -0.15) is 0 Å². The van der Waals surface area contributed by atoms with Gasteiger partial charge < -0.3 is 0 Å². The van der Waals surface area contributed by atoms with Crippen LogP contribution < -0.4 is 0 Å². The Morgan fingerprint density at radius 3 is 1.53 bits per heavy atom. The Hall–Kier alpha value is -1.36. The second kappa shape index (κ2) is 4.49. The largest absolute Gasteiger partial charge is 0.207 e. The van der Waals surface area contributed by atoms with Gasteiger partial charge in [0.15, 0.2) is 0 Å². The molecule has 0 aromatic heterocycles. The van der Waals surface area contributed by atoms with Crippen molar-refractivity contribution in [1.29, 1.82) is 0 Å². The summed E-state index contributed by atoms with van der Waals surface area (Å²) in [7, 11) is 0. The molecule has 0 aliphatic carbocycles. The molecule has 0 amide bonds. The average Bonchev–Trinajstić information content (AvgIpc) is 2.23. The summed E-state index contributed by atoms with van der Waals surface area (Å²) in [5.74, 6) is -3.26. The Balaban J connectivity index is 2.60. The van der Waals surface area contributed by atoms with E-state index in [1.54, 1.807) is 0 Å². The molecule has 17 heavy (non-hydrogen) atoms. The van der Waals surface area contributed by atoms with Gasteiger partial charge in [-0.1, -0.05) is 0 Å². The summed E-state index contributed by atoms with van der Waals surface area (Å²) in [6, 6.07) is 4.70. The topological polar surface area (TPSA) is 0 Å². The predicted octanol–water partition coefficient (Wildman–Crippen LogP) is 4.67. The van der Waals surface area contributed by atoms with Crippen LogP contribution in [0.3, 0.4) is 0 Å². The van der Waals surface area contributed by atoms with E-state index < -0.39 is 23.3 Å². The lowest BCUT2D eigenvalue weighted by Crippen LogP contribution is -1.89. The molecule has 0 saturated heterocycles. The molecule has 0 fully saturated rings. The van der Waals surface area contributed by atoms with Gasteiger partial charge in [0.1, 0.15) is 23.3 Å². The summed E-state index contributed by atoms with van der Waals surface area (Å²) in [5, 5.41) is 0. The number of hydrogen-bond donors (Lipinski definition) is 0. The first kappa shape index (κ1) is 12.1. The van der Waals surface area contributed by atoms with Crippen LogP contribution in [0.15, 0.2) is 34.8 Å². The van der Waals surface area contributed by atoms with E-state index in [1.807, 2.05) is 0 Å². The van der Waals surface area contributed by atoms with Crippen LogP contribution in [0.25, 0.3) is 11.1 Å². The Kier molecular flexibility index (Phi) is 3.19. The van der Waals surface area contributed by atoms with E-state index in [2.05, 4.69) is 15.9 Å². The zero-order valence-corrected chi connectivity index (χ0v) is 9.86. The molecule has 2 rings (SSSR count). The van der Waals surface area contributed by atoms with Crippen molar-refractivity contribution >= 4 is 15.9 Å². The van der Waals surface area contributed by atoms with Crippen molar-refractivity contribution in [2.24, 2.45) is 0 Å². The lowest BCUT2D eigenvalue weighted by Gasteiger charge is -2.05. The molecule has 2 aromatic carbocycles. The molecule has 0 saturated carbocycles. The Morgan fingerprint density at radius 2 is 1.06 bits per heavy atom. The van der Waals surface area contributed by atoms with Gasteiger partial charge in [0.05, 0.1) is 4.47 Å². The van der Waals surface area contributed by atoms with Crippen LogP contribution in [0.1, 0.15) is 0 Å². The summed E-state index contributed by atoms with van der Waals surface area (Å²) < 4.78 is 52.1. The number of benzene rings is 2. The summed E-state index contributed by atoms with van der Waals surface area (Å²) >= 11 is 2.72. The predicted molar refractivity (Wildman–Crippen MR) is 59.4 cm³/mol. The minimum Gasteiger partial charge on any atom is -0.207 e. The van der Waals surface area contributed by atoms with Crippen LogP contribution in [-0.4, -0.2) is 0 Å². The maximum absolute atomic E-state index is 13.3. The second-order valence-electron chi connectivity index (χ2n) is 3.41. The van der Waals surface area contributed by atoms with Crippen molar-refractivity contribution in [2.45, 2.75) is 0 Å². The van der Waals surface area contributed by atoms with Gasteiger partial charge in [-0.3, -0.25) is 0 Å². The molecule has 0 bridgehead atoms. The zero-order chi connectivity index (χ0) is 12.6. The molecule has 0 aliphatic heterocycles. The maximum Gasteiger partial charge on any atom is 0.140 e. The third kappa shape index (κ3) is 2.49. The average molecular weight is 305 g/mol. The fourth-order valence-electron chi connectivity index (χ4n) is 1.44. The van der Waals surface area contributed by atoms with Gasteiger partial charge in [0.25, 0.3) is 0 Å². The first-order valence-corrected chi connectivity index (χ1v) is 5.37. The van der Waals surface area contributed by atoms with E-state index in [0.29, 0.717) is 6.07 Å². The monoisotopic (exact) mass is 304 g/mol. The highest BCUT2D eigenvalue weighted by Gasteiger charge is 2.11. The highest BCUT2D eigenvalue weighted by molar-refractivity contribution is 9.10. The first-order chi connectivity index (χ1) is 7.97. The number of rotatable bonds is 1. The molecule has 0 spiro atoms. The molecule has 5 heteroatoms. The maximum atomic E-state index is 13.3. The second-order valence-corrected chi connectivity index (χ2v) is 4.20. The third-order valence-corrected chi connectivity index (χ3v) is 2.94. The fourth-order valence-corrected chi connectivity index (χ4v) is 1.67. The standard InChI is InChI=1S/C12H5BrF4/c13-12-10(16)3-7(4-11(12)17)6-1-8(14)5-9(15)2-6/h1-5H. The summed E-state index contributed by atoms with van der Waals surface area (Å²) in [4.78, 5) is 0. The molecular formula is C12H5BrF4. The van der Waals surface area contributed by atoms with E-state index in [0.717, 1.165) is 24.3 Å². The van der Waals surface area contributed by atoms with E-state index in [4.69, 9.17) is 0 Å². The van der Waals surface area contributed by atoms with Crippen LogP contribution in [-0.2, 0) is 0 Å². The molecule has 0 atom stereocenters. The molecular weight excluding hydrogens is 300 g/mol. The van der Waals surface area contributed by atoms with Crippen molar-refractivity contribution < 1.29 is 17.6 Å². The summed E-state index contributed by atoms with van der Waals surface area (Å²) in [6.07, 6.45) is 0. The lowest BCUT2D eigenvalue weighted by molar-refractivity contribution is 0.571. The van der Waals surface area contributed by atoms with Crippen LogP contribution in [0.2, 0.25) is 0 Å². The fraction of sp³-hybridized carbons (Fsp3) is 0. The van der Waals surface area contributed by atoms with Crippen molar-refractivity contribution in [3.8, 4) is 11.1 Å². The molecule has 88 valence electrons. The van der Waals surface area contributed by atoms with Crippen LogP contribution in [0.4, 0.5) is 17.6 Å². The van der Waals surface area contributed by atoms with Crippen molar-refractivity contribution in [1.82, 2.24) is 0 Å². The van der Waals surface area contributed by atoms with E-state index >= 15 is 0 Å². The summed E-state index contributed by atoms with van der Waals surface area (Å²) in [5.41, 5.74) is 0.148. The Bertz CT molecular complexity index is 537. The van der Waals surface area contributed by atoms with Gasteiger partial charge in [-0.05, 0) is 51.3 Å². The molecule has 0 nitrogen and oxygen atoms in total.